The molecule has 0 aromatic heterocycles. The van der Waals surface area contributed by atoms with Gasteiger partial charge in [0.2, 0.25) is 0 Å². The van der Waals surface area contributed by atoms with Crippen molar-refractivity contribution in [2.24, 2.45) is 0 Å². The molecular formula is C19H29N3O. The van der Waals surface area contributed by atoms with Crippen molar-refractivity contribution in [3.05, 3.63) is 24.3 Å². The highest BCUT2D eigenvalue weighted by atomic mass is 16.2. The number of benzene rings is 1. The summed E-state index contributed by atoms with van der Waals surface area (Å²) in [6.07, 6.45) is 9.87. The number of carbonyl (C=O) groups is 1. The van der Waals surface area contributed by atoms with Gasteiger partial charge in [0.15, 0.2) is 0 Å². The third kappa shape index (κ3) is 4.40. The Kier molecular flexibility index (Phi) is 5.78. The van der Waals surface area contributed by atoms with Gasteiger partial charge in [-0.25, -0.2) is 4.79 Å². The Morgan fingerprint density at radius 3 is 2.00 bits per heavy atom. The quantitative estimate of drug-likeness (QED) is 0.873. The first-order valence-corrected chi connectivity index (χ1v) is 9.24. The van der Waals surface area contributed by atoms with Crippen LogP contribution in [0.25, 0.3) is 0 Å². The van der Waals surface area contributed by atoms with E-state index >= 15 is 0 Å². The number of likely N-dealkylation sites (tertiary alicyclic amines) is 1. The topological polar surface area (TPSA) is 35.6 Å². The average molecular weight is 315 g/mol. The van der Waals surface area contributed by atoms with Crippen LogP contribution in [0.2, 0.25) is 0 Å². The molecule has 2 heterocycles. The summed E-state index contributed by atoms with van der Waals surface area (Å²) >= 11 is 0. The lowest BCUT2D eigenvalue weighted by Crippen LogP contribution is -2.36. The standard InChI is InChI=1S/C19H29N3O/c23-19(22-15-9-3-4-10-16-22)20-17-11-5-6-12-18(17)21-13-7-1-2-8-14-21/h5-6,11-12H,1-4,7-10,13-16H2,(H,20,23). The maximum absolute atomic E-state index is 12.6. The second-order valence-electron chi connectivity index (χ2n) is 6.75. The monoisotopic (exact) mass is 315 g/mol. The van der Waals surface area contributed by atoms with E-state index in [1.54, 1.807) is 0 Å². The molecule has 2 amide bonds. The second-order valence-corrected chi connectivity index (χ2v) is 6.75. The van der Waals surface area contributed by atoms with Crippen LogP contribution < -0.4 is 10.2 Å². The molecule has 23 heavy (non-hydrogen) atoms. The first-order chi connectivity index (χ1) is 11.3. The van der Waals surface area contributed by atoms with Gasteiger partial charge in [0.1, 0.15) is 0 Å². The van der Waals surface area contributed by atoms with E-state index in [0.717, 1.165) is 44.7 Å². The predicted octanol–water partition coefficient (Wildman–Crippen LogP) is 4.47. The van der Waals surface area contributed by atoms with Gasteiger partial charge in [-0.2, -0.15) is 0 Å². The molecule has 2 aliphatic heterocycles. The normalized spacial score (nSPS) is 19.8. The fourth-order valence-corrected chi connectivity index (χ4v) is 3.63. The zero-order valence-corrected chi connectivity index (χ0v) is 14.1. The van der Waals surface area contributed by atoms with E-state index in [0.29, 0.717) is 0 Å². The van der Waals surface area contributed by atoms with E-state index in [2.05, 4.69) is 22.3 Å². The Hall–Kier alpha value is -1.71. The number of para-hydroxylation sites is 2. The number of amides is 2. The van der Waals surface area contributed by atoms with Crippen LogP contribution in [-0.4, -0.2) is 37.1 Å². The number of hydrogen-bond acceptors (Lipinski definition) is 2. The molecule has 0 aliphatic carbocycles. The highest BCUT2D eigenvalue weighted by Crippen LogP contribution is 2.28. The SMILES string of the molecule is O=C(Nc1ccccc1N1CCCCCC1)N1CCCCCC1. The lowest BCUT2D eigenvalue weighted by atomic mass is 10.2. The maximum Gasteiger partial charge on any atom is 0.321 e. The van der Waals surface area contributed by atoms with Gasteiger partial charge in [-0.1, -0.05) is 37.8 Å². The smallest absolute Gasteiger partial charge is 0.321 e. The van der Waals surface area contributed by atoms with E-state index in [9.17, 15) is 4.79 Å². The van der Waals surface area contributed by atoms with Gasteiger partial charge >= 0.3 is 6.03 Å². The number of rotatable bonds is 2. The van der Waals surface area contributed by atoms with Gasteiger partial charge in [-0.15, -0.1) is 0 Å². The molecule has 1 aromatic carbocycles. The Balaban J connectivity index is 1.70. The van der Waals surface area contributed by atoms with Crippen LogP contribution >= 0.6 is 0 Å². The molecule has 2 fully saturated rings. The van der Waals surface area contributed by atoms with Crippen LogP contribution in [0.5, 0.6) is 0 Å². The third-order valence-electron chi connectivity index (χ3n) is 4.99. The molecule has 0 atom stereocenters. The van der Waals surface area contributed by atoms with Gasteiger partial charge in [0, 0.05) is 26.2 Å². The molecule has 126 valence electrons. The molecular weight excluding hydrogens is 286 g/mol. The van der Waals surface area contributed by atoms with Crippen molar-refractivity contribution < 1.29 is 4.79 Å². The van der Waals surface area contributed by atoms with E-state index < -0.39 is 0 Å². The Morgan fingerprint density at radius 2 is 1.35 bits per heavy atom. The molecule has 2 aliphatic rings. The van der Waals surface area contributed by atoms with Crippen molar-refractivity contribution in [3.8, 4) is 0 Å². The van der Waals surface area contributed by atoms with Crippen LogP contribution in [0.4, 0.5) is 16.2 Å². The van der Waals surface area contributed by atoms with Crippen LogP contribution in [0, 0.1) is 0 Å². The summed E-state index contributed by atoms with van der Waals surface area (Å²) in [6.45, 7) is 3.96. The average Bonchev–Trinajstić information content (AvgIpc) is 3.00. The Bertz CT molecular complexity index is 501. The van der Waals surface area contributed by atoms with Crippen molar-refractivity contribution in [3.63, 3.8) is 0 Å². The van der Waals surface area contributed by atoms with Gasteiger partial charge in [-0.05, 0) is 37.8 Å². The predicted molar refractivity (Wildman–Crippen MR) is 96.2 cm³/mol. The molecule has 1 N–H and O–H groups in total. The molecule has 4 heteroatoms. The van der Waals surface area contributed by atoms with E-state index in [1.807, 2.05) is 17.0 Å². The van der Waals surface area contributed by atoms with Crippen LogP contribution in [-0.2, 0) is 0 Å². The highest BCUT2D eigenvalue weighted by Gasteiger charge is 2.18. The molecule has 1 aromatic rings. The number of nitrogens with zero attached hydrogens (tertiary/aromatic N) is 2. The summed E-state index contributed by atoms with van der Waals surface area (Å²) in [5.41, 5.74) is 2.14. The number of anilines is 2. The first kappa shape index (κ1) is 16.2. The minimum Gasteiger partial charge on any atom is -0.370 e. The summed E-state index contributed by atoms with van der Waals surface area (Å²) in [5.74, 6) is 0. The van der Waals surface area contributed by atoms with E-state index in [4.69, 9.17) is 0 Å². The van der Waals surface area contributed by atoms with Crippen LogP contribution in [0.1, 0.15) is 51.4 Å². The number of nitrogens with one attached hydrogen (secondary N) is 1. The fraction of sp³-hybridized carbons (Fsp3) is 0.632. The number of urea groups is 1. The summed E-state index contributed by atoms with van der Waals surface area (Å²) in [6, 6.07) is 8.33. The molecule has 0 spiro atoms. The Morgan fingerprint density at radius 1 is 0.783 bits per heavy atom. The molecule has 0 radical (unpaired) electrons. The maximum atomic E-state index is 12.6. The molecule has 0 bridgehead atoms. The van der Waals surface area contributed by atoms with Gasteiger partial charge in [0.05, 0.1) is 11.4 Å². The number of carbonyl (C=O) groups excluding carboxylic acids is 1. The van der Waals surface area contributed by atoms with E-state index in [1.165, 1.54) is 44.2 Å². The Labute approximate surface area is 139 Å². The lowest BCUT2D eigenvalue weighted by molar-refractivity contribution is 0.214. The molecule has 3 rings (SSSR count). The van der Waals surface area contributed by atoms with Gasteiger partial charge in [0.25, 0.3) is 0 Å². The van der Waals surface area contributed by atoms with E-state index in [-0.39, 0.29) is 6.03 Å². The van der Waals surface area contributed by atoms with Crippen molar-refractivity contribution in [1.29, 1.82) is 0 Å². The first-order valence-electron chi connectivity index (χ1n) is 9.24. The summed E-state index contributed by atoms with van der Waals surface area (Å²) in [7, 11) is 0. The zero-order valence-electron chi connectivity index (χ0n) is 14.1. The minimum absolute atomic E-state index is 0.0640. The largest absolute Gasteiger partial charge is 0.370 e. The second kappa shape index (κ2) is 8.23. The number of hydrogen-bond donors (Lipinski definition) is 1. The molecule has 0 unspecified atom stereocenters. The highest BCUT2D eigenvalue weighted by molar-refractivity contribution is 5.93. The van der Waals surface area contributed by atoms with Crippen LogP contribution in [0.3, 0.4) is 0 Å². The van der Waals surface area contributed by atoms with Crippen molar-refractivity contribution >= 4 is 17.4 Å². The summed E-state index contributed by atoms with van der Waals surface area (Å²) < 4.78 is 0. The van der Waals surface area contributed by atoms with Gasteiger partial charge < -0.3 is 15.1 Å². The zero-order chi connectivity index (χ0) is 15.9. The van der Waals surface area contributed by atoms with Crippen molar-refractivity contribution in [2.75, 3.05) is 36.4 Å². The van der Waals surface area contributed by atoms with Crippen molar-refractivity contribution in [2.45, 2.75) is 51.4 Å². The van der Waals surface area contributed by atoms with Gasteiger partial charge in [-0.3, -0.25) is 0 Å². The summed E-state index contributed by atoms with van der Waals surface area (Å²) in [5, 5.41) is 3.17. The third-order valence-corrected chi connectivity index (χ3v) is 4.99. The molecule has 2 saturated heterocycles. The van der Waals surface area contributed by atoms with Crippen molar-refractivity contribution in [1.82, 2.24) is 4.90 Å². The minimum atomic E-state index is 0.0640. The summed E-state index contributed by atoms with van der Waals surface area (Å²) in [4.78, 5) is 17.0. The lowest BCUT2D eigenvalue weighted by Gasteiger charge is -2.27. The van der Waals surface area contributed by atoms with Crippen LogP contribution in [0.15, 0.2) is 24.3 Å². The fourth-order valence-electron chi connectivity index (χ4n) is 3.63. The molecule has 4 nitrogen and oxygen atoms in total. The molecule has 0 saturated carbocycles.